The van der Waals surface area contributed by atoms with Crippen LogP contribution in [0.3, 0.4) is 0 Å². The predicted molar refractivity (Wildman–Crippen MR) is 113 cm³/mol. The molecular weight excluding hydrogens is 378 g/mol. The number of nitrogens with two attached hydrogens (primary N) is 3. The molecule has 0 spiro atoms. The molecule has 162 valence electrons. The van der Waals surface area contributed by atoms with E-state index in [4.69, 9.17) is 17.2 Å². The minimum atomic E-state index is -1.39. The highest BCUT2D eigenvalue weighted by Crippen LogP contribution is 2.26. The molecule has 1 rings (SSSR count). The quantitative estimate of drug-likeness (QED) is 0.211. The first-order valence-corrected chi connectivity index (χ1v) is 9.54. The number of rotatable bonds is 14. The number of carbonyl (C=O) groups is 1. The minimum Gasteiger partial charge on any atom is -0.366 e. The number of hydrogen-bond acceptors (Lipinski definition) is 11. The van der Waals surface area contributed by atoms with Crippen molar-refractivity contribution in [2.45, 2.75) is 45.2 Å². The normalized spacial score (nSPS) is 14.1. The Labute approximate surface area is 169 Å². The fourth-order valence-electron chi connectivity index (χ4n) is 2.83. The second kappa shape index (κ2) is 12.8. The van der Waals surface area contributed by atoms with Crippen molar-refractivity contribution < 1.29 is 4.79 Å². The van der Waals surface area contributed by atoms with Gasteiger partial charge in [0.25, 0.3) is 0 Å². The first-order valence-electron chi connectivity index (χ1n) is 9.54. The number of amides is 1. The fraction of sp³-hybridized carbons (Fsp3) is 0.647. The molecule has 1 aromatic heterocycles. The monoisotopic (exact) mass is 409 g/mol. The molecule has 3 atom stereocenters. The SMILES string of the molecule is CCCNC(CN(CCC)c1ccncc1NC(=O)C(C(N)N)C(N)N=O)N=O. The zero-order chi connectivity index (χ0) is 21.8. The molecular formula is C17H31N9O3. The number of nitrogens with zero attached hydrogens (tertiary/aromatic N) is 4. The maximum absolute atomic E-state index is 12.6. The topological polar surface area (TPSA) is 194 Å². The van der Waals surface area contributed by atoms with Gasteiger partial charge in [-0.25, -0.2) is 0 Å². The van der Waals surface area contributed by atoms with E-state index < -0.39 is 30.3 Å². The molecule has 0 aliphatic rings. The molecule has 0 aliphatic carbocycles. The van der Waals surface area contributed by atoms with Gasteiger partial charge in [-0.1, -0.05) is 19.0 Å². The van der Waals surface area contributed by atoms with E-state index in [-0.39, 0.29) is 0 Å². The molecule has 8 N–H and O–H groups in total. The van der Waals surface area contributed by atoms with Crippen LogP contribution >= 0.6 is 0 Å². The lowest BCUT2D eigenvalue weighted by atomic mass is 10.0. The molecule has 0 aromatic carbocycles. The first kappa shape index (κ1) is 24.5. The molecule has 1 heterocycles. The standard InChI is InChI=1S/C17H31N9O3/c1-3-6-22-13(24-28)10-26(8-4-2)12-5-7-21-9-11(12)23-17(27)14(15(18)19)16(20)25-29/h5,7,9,13-16,22H,3-4,6,8,10,18-20H2,1-2H3,(H,23,27). The number of carbonyl (C=O) groups excluding carboxylic acids is 1. The summed E-state index contributed by atoms with van der Waals surface area (Å²) in [4.78, 5) is 40.6. The van der Waals surface area contributed by atoms with Gasteiger partial charge in [-0.15, -0.1) is 9.81 Å². The second-order valence-electron chi connectivity index (χ2n) is 6.60. The largest absolute Gasteiger partial charge is 0.366 e. The summed E-state index contributed by atoms with van der Waals surface area (Å²) in [6.07, 6.45) is 1.52. The van der Waals surface area contributed by atoms with Gasteiger partial charge >= 0.3 is 0 Å². The first-order chi connectivity index (χ1) is 13.9. The van der Waals surface area contributed by atoms with Gasteiger partial charge in [-0.2, -0.15) is 0 Å². The molecule has 1 amide bonds. The van der Waals surface area contributed by atoms with Crippen LogP contribution in [0.15, 0.2) is 28.8 Å². The molecule has 0 saturated heterocycles. The van der Waals surface area contributed by atoms with Crippen molar-refractivity contribution in [2.75, 3.05) is 29.9 Å². The van der Waals surface area contributed by atoms with E-state index in [0.717, 1.165) is 12.8 Å². The van der Waals surface area contributed by atoms with Crippen LogP contribution in [-0.2, 0) is 4.79 Å². The summed E-state index contributed by atoms with van der Waals surface area (Å²) in [6, 6.07) is 1.71. The fourth-order valence-corrected chi connectivity index (χ4v) is 2.83. The van der Waals surface area contributed by atoms with Gasteiger partial charge in [0.05, 0.1) is 30.3 Å². The van der Waals surface area contributed by atoms with Crippen molar-refractivity contribution in [1.82, 2.24) is 10.3 Å². The van der Waals surface area contributed by atoms with E-state index in [1.54, 1.807) is 12.3 Å². The lowest BCUT2D eigenvalue weighted by Crippen LogP contribution is -2.52. The van der Waals surface area contributed by atoms with Gasteiger partial charge in [-0.05, 0) is 30.6 Å². The molecule has 0 aliphatic heterocycles. The van der Waals surface area contributed by atoms with E-state index in [9.17, 15) is 14.6 Å². The Morgan fingerprint density at radius 2 is 1.93 bits per heavy atom. The number of nitroso groups, excluding NO2 is 2. The van der Waals surface area contributed by atoms with E-state index in [1.165, 1.54) is 6.20 Å². The van der Waals surface area contributed by atoms with Crippen molar-refractivity contribution in [1.29, 1.82) is 0 Å². The second-order valence-corrected chi connectivity index (χ2v) is 6.60. The lowest BCUT2D eigenvalue weighted by molar-refractivity contribution is -0.121. The van der Waals surface area contributed by atoms with Gasteiger partial charge in [0, 0.05) is 12.7 Å². The summed E-state index contributed by atoms with van der Waals surface area (Å²) < 4.78 is 0. The van der Waals surface area contributed by atoms with E-state index in [1.807, 2.05) is 18.7 Å². The van der Waals surface area contributed by atoms with Crippen molar-refractivity contribution in [3.8, 4) is 0 Å². The number of aromatic nitrogens is 1. The number of hydrogen-bond donors (Lipinski definition) is 5. The van der Waals surface area contributed by atoms with Gasteiger partial charge in [-0.3, -0.25) is 15.1 Å². The van der Waals surface area contributed by atoms with E-state index in [0.29, 0.717) is 31.0 Å². The summed E-state index contributed by atoms with van der Waals surface area (Å²) in [5.74, 6) is -1.86. The highest BCUT2D eigenvalue weighted by Gasteiger charge is 2.31. The summed E-state index contributed by atoms with van der Waals surface area (Å²) in [6.45, 7) is 5.56. The maximum Gasteiger partial charge on any atom is 0.234 e. The Morgan fingerprint density at radius 3 is 2.48 bits per heavy atom. The Morgan fingerprint density at radius 1 is 1.21 bits per heavy atom. The molecule has 0 fully saturated rings. The van der Waals surface area contributed by atoms with Crippen LogP contribution in [0.1, 0.15) is 26.7 Å². The van der Waals surface area contributed by atoms with Crippen LogP contribution in [0.5, 0.6) is 0 Å². The van der Waals surface area contributed by atoms with Crippen LogP contribution < -0.4 is 32.7 Å². The molecule has 0 bridgehead atoms. The summed E-state index contributed by atoms with van der Waals surface area (Å²) in [5.41, 5.74) is 17.8. The Hall–Kier alpha value is -2.54. The molecule has 0 radical (unpaired) electrons. The van der Waals surface area contributed by atoms with Gasteiger partial charge < -0.3 is 27.4 Å². The third-order valence-electron chi connectivity index (χ3n) is 4.25. The van der Waals surface area contributed by atoms with Gasteiger partial charge in [0.15, 0.2) is 12.3 Å². The van der Waals surface area contributed by atoms with Gasteiger partial charge in [0.2, 0.25) is 5.91 Å². The van der Waals surface area contributed by atoms with Crippen molar-refractivity contribution in [2.24, 2.45) is 33.5 Å². The highest BCUT2D eigenvalue weighted by molar-refractivity contribution is 5.96. The summed E-state index contributed by atoms with van der Waals surface area (Å²) in [7, 11) is 0. The Bertz CT molecular complexity index is 659. The van der Waals surface area contributed by atoms with Crippen molar-refractivity contribution >= 4 is 17.3 Å². The van der Waals surface area contributed by atoms with Crippen LogP contribution in [0.25, 0.3) is 0 Å². The van der Waals surface area contributed by atoms with Crippen LogP contribution in [0.2, 0.25) is 0 Å². The molecule has 1 aromatic rings. The predicted octanol–water partition coefficient (Wildman–Crippen LogP) is 0.240. The van der Waals surface area contributed by atoms with Crippen LogP contribution in [0.4, 0.5) is 11.4 Å². The zero-order valence-electron chi connectivity index (χ0n) is 16.8. The van der Waals surface area contributed by atoms with Crippen molar-refractivity contribution in [3.05, 3.63) is 28.3 Å². The third kappa shape index (κ3) is 7.42. The van der Waals surface area contributed by atoms with Crippen LogP contribution in [-0.4, -0.2) is 49.0 Å². The number of pyridine rings is 1. The summed E-state index contributed by atoms with van der Waals surface area (Å²) in [5, 5.41) is 11.6. The van der Waals surface area contributed by atoms with Crippen molar-refractivity contribution in [3.63, 3.8) is 0 Å². The average molecular weight is 409 g/mol. The number of anilines is 2. The van der Waals surface area contributed by atoms with Crippen LogP contribution in [0, 0.1) is 15.7 Å². The average Bonchev–Trinajstić information content (AvgIpc) is 2.70. The molecule has 29 heavy (non-hydrogen) atoms. The third-order valence-corrected chi connectivity index (χ3v) is 4.25. The lowest BCUT2D eigenvalue weighted by Gasteiger charge is -2.29. The van der Waals surface area contributed by atoms with Gasteiger partial charge in [0.1, 0.15) is 5.92 Å². The van der Waals surface area contributed by atoms with E-state index >= 15 is 0 Å². The highest BCUT2D eigenvalue weighted by atomic mass is 16.3. The van der Waals surface area contributed by atoms with E-state index in [2.05, 4.69) is 26.0 Å². The molecule has 12 heteroatoms. The minimum absolute atomic E-state index is 0.305. The Kier molecular flexibility index (Phi) is 10.8. The maximum atomic E-state index is 12.6. The Balaban J connectivity index is 3.11. The number of nitrogens with one attached hydrogen (secondary N) is 2. The molecule has 12 nitrogen and oxygen atoms in total. The smallest absolute Gasteiger partial charge is 0.234 e. The zero-order valence-corrected chi connectivity index (χ0v) is 16.8. The molecule has 0 saturated carbocycles. The molecule has 3 unspecified atom stereocenters. The summed E-state index contributed by atoms with van der Waals surface area (Å²) >= 11 is 0.